The van der Waals surface area contributed by atoms with Crippen molar-refractivity contribution in [2.75, 3.05) is 19.7 Å². The van der Waals surface area contributed by atoms with Gasteiger partial charge in [-0.2, -0.15) is 0 Å². The van der Waals surface area contributed by atoms with Crippen LogP contribution in [0.4, 0.5) is 8.78 Å². The van der Waals surface area contributed by atoms with Crippen molar-refractivity contribution >= 4 is 28.6 Å². The van der Waals surface area contributed by atoms with Gasteiger partial charge >= 0.3 is 0 Å². The van der Waals surface area contributed by atoms with Crippen molar-refractivity contribution in [1.29, 1.82) is 0 Å². The Labute approximate surface area is 195 Å². The molecule has 4 rings (SSSR count). The molecule has 32 heavy (non-hydrogen) atoms. The smallest absolute Gasteiger partial charge is 0.278 e. The van der Waals surface area contributed by atoms with Crippen LogP contribution in [0, 0.1) is 5.92 Å². The molecule has 1 aliphatic heterocycles. The number of alkyl halides is 2. The van der Waals surface area contributed by atoms with E-state index < -0.39 is 12.5 Å². The number of nitrogens with zero attached hydrogens (tertiary/aromatic N) is 3. The van der Waals surface area contributed by atoms with E-state index in [9.17, 15) is 13.6 Å². The molecular weight excluding hydrogens is 454 g/mol. The topological polar surface area (TPSA) is 67.3 Å². The highest BCUT2D eigenvalue weighted by atomic mass is 32.1. The van der Waals surface area contributed by atoms with Gasteiger partial charge in [0.2, 0.25) is 5.91 Å². The Bertz CT molecular complexity index is 877. The first-order valence-electron chi connectivity index (χ1n) is 11.2. The molecule has 10 heteroatoms. The first kappa shape index (κ1) is 23.5. The highest BCUT2D eigenvalue weighted by Crippen LogP contribution is 2.32. The summed E-state index contributed by atoms with van der Waals surface area (Å²) in [5, 5.41) is 6.28. The SMILES string of the molecule is CC(F)(F)COc1nc2c(s1)CCN(CCC1CCC(NC(=O)Cc3nccs3)CC1)C2. The van der Waals surface area contributed by atoms with Crippen molar-refractivity contribution in [3.05, 3.63) is 27.2 Å². The quantitative estimate of drug-likeness (QED) is 0.575. The fourth-order valence-corrected chi connectivity index (χ4v) is 5.91. The van der Waals surface area contributed by atoms with Gasteiger partial charge in [0.25, 0.3) is 11.1 Å². The summed E-state index contributed by atoms with van der Waals surface area (Å²) >= 11 is 2.92. The summed E-state index contributed by atoms with van der Waals surface area (Å²) in [7, 11) is 0. The number of rotatable bonds is 9. The third-order valence-electron chi connectivity index (χ3n) is 6.10. The molecule has 6 nitrogen and oxygen atoms in total. The molecule has 2 aromatic heterocycles. The number of amides is 1. The number of thiazole rings is 2. The maximum absolute atomic E-state index is 13.0. The van der Waals surface area contributed by atoms with Crippen molar-refractivity contribution in [2.45, 2.75) is 70.4 Å². The van der Waals surface area contributed by atoms with E-state index in [1.54, 1.807) is 6.20 Å². The molecule has 0 atom stereocenters. The summed E-state index contributed by atoms with van der Waals surface area (Å²) in [4.78, 5) is 24.4. The lowest BCUT2D eigenvalue weighted by Gasteiger charge is -2.32. The molecule has 2 aliphatic rings. The van der Waals surface area contributed by atoms with Crippen molar-refractivity contribution in [2.24, 2.45) is 5.92 Å². The predicted octanol–water partition coefficient (Wildman–Crippen LogP) is 4.30. The van der Waals surface area contributed by atoms with Crippen LogP contribution in [0.1, 0.15) is 54.6 Å². The summed E-state index contributed by atoms with van der Waals surface area (Å²) in [6, 6.07) is 0.278. The van der Waals surface area contributed by atoms with Gasteiger partial charge in [-0.15, -0.1) is 11.3 Å². The molecule has 1 amide bonds. The van der Waals surface area contributed by atoms with Crippen LogP contribution in [0.3, 0.4) is 0 Å². The minimum absolute atomic E-state index is 0.0711. The number of fused-ring (bicyclic) bond motifs is 1. The van der Waals surface area contributed by atoms with E-state index in [2.05, 4.69) is 20.2 Å². The number of hydrogen-bond acceptors (Lipinski definition) is 7. The minimum Gasteiger partial charge on any atom is -0.464 e. The van der Waals surface area contributed by atoms with Crippen LogP contribution in [0.5, 0.6) is 5.19 Å². The van der Waals surface area contributed by atoms with E-state index in [-0.39, 0.29) is 11.9 Å². The number of nitrogens with one attached hydrogen (secondary N) is 1. The highest BCUT2D eigenvalue weighted by molar-refractivity contribution is 7.13. The van der Waals surface area contributed by atoms with Crippen LogP contribution >= 0.6 is 22.7 Å². The molecule has 0 spiro atoms. The Morgan fingerprint density at radius 3 is 2.88 bits per heavy atom. The van der Waals surface area contributed by atoms with Gasteiger partial charge in [-0.25, -0.2) is 18.7 Å². The van der Waals surface area contributed by atoms with Gasteiger partial charge in [0.1, 0.15) is 5.01 Å². The predicted molar refractivity (Wildman–Crippen MR) is 122 cm³/mol. The standard InChI is InChI=1S/C22H30F2N4O2S2/c1-22(23,24)14-30-21-27-17-13-28(10-7-18(17)32-21)9-6-15-2-4-16(5-3-15)26-19(29)12-20-25-8-11-31-20/h8,11,15-16H,2-7,9-10,12-14H2,1H3,(H,26,29). The Balaban J connectivity index is 1.15. The molecule has 3 heterocycles. The Hall–Kier alpha value is -1.65. The second-order valence-electron chi connectivity index (χ2n) is 8.91. The average molecular weight is 485 g/mol. The van der Waals surface area contributed by atoms with Crippen LogP contribution in [0.25, 0.3) is 0 Å². The second-order valence-corrected chi connectivity index (χ2v) is 10.9. The lowest BCUT2D eigenvalue weighted by Crippen LogP contribution is -2.39. The van der Waals surface area contributed by atoms with Crippen LogP contribution in [0.15, 0.2) is 11.6 Å². The zero-order chi connectivity index (χ0) is 22.6. The van der Waals surface area contributed by atoms with Crippen molar-refractivity contribution < 1.29 is 18.3 Å². The zero-order valence-corrected chi connectivity index (χ0v) is 20.0. The van der Waals surface area contributed by atoms with Crippen LogP contribution in [-0.2, 0) is 24.2 Å². The van der Waals surface area contributed by atoms with Gasteiger partial charge in [-0.05, 0) is 51.0 Å². The van der Waals surface area contributed by atoms with E-state index in [0.717, 1.165) is 80.7 Å². The van der Waals surface area contributed by atoms with Crippen LogP contribution in [-0.4, -0.2) is 52.4 Å². The van der Waals surface area contributed by atoms with E-state index >= 15 is 0 Å². The normalized spacial score (nSPS) is 21.8. The number of ether oxygens (including phenoxy) is 1. The largest absolute Gasteiger partial charge is 0.464 e. The number of carbonyl (C=O) groups is 1. The molecule has 176 valence electrons. The van der Waals surface area contributed by atoms with Crippen molar-refractivity contribution in [3.63, 3.8) is 0 Å². The summed E-state index contributed by atoms with van der Waals surface area (Å²) in [6.45, 7) is 2.98. The van der Waals surface area contributed by atoms with Gasteiger partial charge < -0.3 is 10.1 Å². The summed E-state index contributed by atoms with van der Waals surface area (Å²) in [5.41, 5.74) is 0.974. The average Bonchev–Trinajstić information content (AvgIpc) is 3.40. The third kappa shape index (κ3) is 6.92. The molecule has 1 saturated carbocycles. The number of aromatic nitrogens is 2. The van der Waals surface area contributed by atoms with E-state index in [1.165, 1.54) is 22.7 Å². The molecule has 2 aromatic rings. The molecule has 1 N–H and O–H groups in total. The Morgan fingerprint density at radius 1 is 1.34 bits per heavy atom. The number of carbonyl (C=O) groups excluding carboxylic acids is 1. The molecule has 0 bridgehead atoms. The Morgan fingerprint density at radius 2 is 2.16 bits per heavy atom. The minimum atomic E-state index is -2.85. The van der Waals surface area contributed by atoms with Gasteiger partial charge in [0, 0.05) is 42.5 Å². The van der Waals surface area contributed by atoms with Gasteiger partial charge in [0.05, 0.1) is 12.1 Å². The summed E-state index contributed by atoms with van der Waals surface area (Å²) < 4.78 is 31.2. The third-order valence-corrected chi connectivity index (χ3v) is 7.95. The lowest BCUT2D eigenvalue weighted by atomic mass is 9.84. The zero-order valence-electron chi connectivity index (χ0n) is 18.3. The van der Waals surface area contributed by atoms with Crippen molar-refractivity contribution in [1.82, 2.24) is 20.2 Å². The molecule has 0 radical (unpaired) electrons. The second kappa shape index (κ2) is 10.5. The van der Waals surface area contributed by atoms with E-state index in [0.29, 0.717) is 17.5 Å². The highest BCUT2D eigenvalue weighted by Gasteiger charge is 2.27. The van der Waals surface area contributed by atoms with Crippen LogP contribution in [0.2, 0.25) is 0 Å². The maximum atomic E-state index is 13.0. The van der Waals surface area contributed by atoms with E-state index in [1.807, 2.05) is 5.38 Å². The summed E-state index contributed by atoms with van der Waals surface area (Å²) in [5.74, 6) is -2.09. The first-order valence-corrected chi connectivity index (χ1v) is 12.9. The molecule has 1 aliphatic carbocycles. The first-order chi connectivity index (χ1) is 15.3. The van der Waals surface area contributed by atoms with Gasteiger partial charge in [-0.3, -0.25) is 9.69 Å². The van der Waals surface area contributed by atoms with Crippen LogP contribution < -0.4 is 10.1 Å². The van der Waals surface area contributed by atoms with Gasteiger partial charge in [0.15, 0.2) is 6.61 Å². The molecule has 0 aromatic carbocycles. The summed E-state index contributed by atoms with van der Waals surface area (Å²) in [6.07, 6.45) is 8.50. The maximum Gasteiger partial charge on any atom is 0.278 e. The van der Waals surface area contributed by atoms with Gasteiger partial charge in [-0.1, -0.05) is 11.3 Å². The fourth-order valence-electron chi connectivity index (χ4n) is 4.39. The number of halogens is 2. The monoisotopic (exact) mass is 484 g/mol. The molecular formula is C22H30F2N4O2S2. The lowest BCUT2D eigenvalue weighted by molar-refractivity contribution is -0.121. The number of hydrogen-bond donors (Lipinski definition) is 1. The van der Waals surface area contributed by atoms with Crippen molar-refractivity contribution in [3.8, 4) is 5.19 Å². The molecule has 0 saturated heterocycles. The fraction of sp³-hybridized carbons (Fsp3) is 0.682. The Kier molecular flexibility index (Phi) is 7.73. The molecule has 1 fully saturated rings. The molecule has 0 unspecified atom stereocenters. The van der Waals surface area contributed by atoms with E-state index in [4.69, 9.17) is 4.74 Å².